The molecular weight excluding hydrogens is 316 g/mol. The van der Waals surface area contributed by atoms with Crippen molar-refractivity contribution in [3.05, 3.63) is 82.5 Å². The van der Waals surface area contributed by atoms with Crippen molar-refractivity contribution in [3.8, 4) is 11.3 Å². The lowest BCUT2D eigenvalue weighted by Gasteiger charge is -2.06. The van der Waals surface area contributed by atoms with Gasteiger partial charge in [0.1, 0.15) is 5.76 Å². The smallest absolute Gasteiger partial charge is 0.193 e. The molecule has 2 nitrogen and oxygen atoms in total. The number of benzene rings is 2. The molecule has 0 unspecified atom stereocenters. The van der Waals surface area contributed by atoms with Gasteiger partial charge in [-0.05, 0) is 36.4 Å². The molecule has 0 fully saturated rings. The number of carbonyl (C=O) groups is 1. The molecule has 1 heterocycles. The van der Waals surface area contributed by atoms with Gasteiger partial charge in [0.25, 0.3) is 0 Å². The number of ketones is 1. The second kappa shape index (κ2) is 5.47. The van der Waals surface area contributed by atoms with E-state index in [0.29, 0.717) is 16.9 Å². The standard InChI is InChI=1S/C17H11BrO2/c18-13-9-7-12(8-10-13)17(19)15-5-2-1-4-14(15)16-6-3-11-20-16/h1-11H. The zero-order chi connectivity index (χ0) is 13.9. The fourth-order valence-corrected chi connectivity index (χ4v) is 2.35. The van der Waals surface area contributed by atoms with Gasteiger partial charge in [-0.3, -0.25) is 4.79 Å². The predicted molar refractivity (Wildman–Crippen MR) is 81.7 cm³/mol. The highest BCUT2D eigenvalue weighted by molar-refractivity contribution is 9.10. The summed E-state index contributed by atoms with van der Waals surface area (Å²) in [4.78, 5) is 12.6. The van der Waals surface area contributed by atoms with E-state index in [1.54, 1.807) is 6.26 Å². The molecule has 0 radical (unpaired) electrons. The van der Waals surface area contributed by atoms with Gasteiger partial charge < -0.3 is 4.42 Å². The lowest BCUT2D eigenvalue weighted by atomic mass is 9.97. The summed E-state index contributed by atoms with van der Waals surface area (Å²) in [6, 6.07) is 18.5. The minimum Gasteiger partial charge on any atom is -0.464 e. The molecular formula is C17H11BrO2. The van der Waals surface area contributed by atoms with Gasteiger partial charge in [0.2, 0.25) is 0 Å². The fraction of sp³-hybridized carbons (Fsp3) is 0. The van der Waals surface area contributed by atoms with Crippen LogP contribution in [0, 0.1) is 0 Å². The van der Waals surface area contributed by atoms with Crippen LogP contribution >= 0.6 is 15.9 Å². The zero-order valence-electron chi connectivity index (χ0n) is 10.5. The maximum absolute atomic E-state index is 12.6. The van der Waals surface area contributed by atoms with Crippen molar-refractivity contribution in [1.82, 2.24) is 0 Å². The van der Waals surface area contributed by atoms with E-state index in [2.05, 4.69) is 15.9 Å². The molecule has 0 aliphatic heterocycles. The highest BCUT2D eigenvalue weighted by Crippen LogP contribution is 2.26. The van der Waals surface area contributed by atoms with Crippen LogP contribution in [-0.4, -0.2) is 5.78 Å². The summed E-state index contributed by atoms with van der Waals surface area (Å²) in [6.45, 7) is 0. The van der Waals surface area contributed by atoms with Crippen LogP contribution in [0.4, 0.5) is 0 Å². The lowest BCUT2D eigenvalue weighted by Crippen LogP contribution is -2.03. The molecule has 0 amide bonds. The average Bonchev–Trinajstić information content (AvgIpc) is 3.01. The first-order valence-corrected chi connectivity index (χ1v) is 6.98. The number of furan rings is 1. The normalized spacial score (nSPS) is 10.4. The summed E-state index contributed by atoms with van der Waals surface area (Å²) < 4.78 is 6.36. The van der Waals surface area contributed by atoms with Crippen molar-refractivity contribution in [3.63, 3.8) is 0 Å². The first-order valence-electron chi connectivity index (χ1n) is 6.19. The molecule has 98 valence electrons. The second-order valence-corrected chi connectivity index (χ2v) is 5.27. The molecule has 0 saturated carbocycles. The summed E-state index contributed by atoms with van der Waals surface area (Å²) in [6.07, 6.45) is 1.61. The van der Waals surface area contributed by atoms with Gasteiger partial charge in [0, 0.05) is 21.2 Å². The highest BCUT2D eigenvalue weighted by Gasteiger charge is 2.15. The van der Waals surface area contributed by atoms with E-state index in [0.717, 1.165) is 10.0 Å². The molecule has 0 saturated heterocycles. The molecule has 1 aromatic heterocycles. The van der Waals surface area contributed by atoms with Gasteiger partial charge >= 0.3 is 0 Å². The lowest BCUT2D eigenvalue weighted by molar-refractivity contribution is 0.103. The third-order valence-electron chi connectivity index (χ3n) is 3.06. The summed E-state index contributed by atoms with van der Waals surface area (Å²) in [7, 11) is 0. The molecule has 3 aromatic rings. The van der Waals surface area contributed by atoms with Crippen LogP contribution in [0.2, 0.25) is 0 Å². The SMILES string of the molecule is O=C(c1ccc(Br)cc1)c1ccccc1-c1ccco1. The second-order valence-electron chi connectivity index (χ2n) is 4.36. The third-order valence-corrected chi connectivity index (χ3v) is 3.59. The van der Waals surface area contributed by atoms with Crippen LogP contribution in [0.3, 0.4) is 0 Å². The largest absolute Gasteiger partial charge is 0.464 e. The Bertz CT molecular complexity index is 728. The molecule has 0 spiro atoms. The molecule has 3 heteroatoms. The van der Waals surface area contributed by atoms with Crippen LogP contribution < -0.4 is 0 Å². The van der Waals surface area contributed by atoms with E-state index in [4.69, 9.17) is 4.42 Å². The number of hydrogen-bond donors (Lipinski definition) is 0. The van der Waals surface area contributed by atoms with Crippen molar-refractivity contribution in [1.29, 1.82) is 0 Å². The maximum atomic E-state index is 12.6. The average molecular weight is 327 g/mol. The highest BCUT2D eigenvalue weighted by atomic mass is 79.9. The molecule has 0 bridgehead atoms. The van der Waals surface area contributed by atoms with Crippen LogP contribution in [0.1, 0.15) is 15.9 Å². The monoisotopic (exact) mass is 326 g/mol. The number of hydrogen-bond acceptors (Lipinski definition) is 2. The minimum absolute atomic E-state index is 0.00972. The first kappa shape index (κ1) is 12.9. The number of rotatable bonds is 3. The van der Waals surface area contributed by atoms with Gasteiger partial charge in [0.15, 0.2) is 5.78 Å². The van der Waals surface area contributed by atoms with E-state index in [1.165, 1.54) is 0 Å². The Morgan fingerprint density at radius 3 is 2.35 bits per heavy atom. The molecule has 3 rings (SSSR count). The summed E-state index contributed by atoms with van der Waals surface area (Å²) in [5.74, 6) is 0.690. The molecule has 0 atom stereocenters. The summed E-state index contributed by atoms with van der Waals surface area (Å²) >= 11 is 3.37. The third kappa shape index (κ3) is 2.45. The van der Waals surface area contributed by atoms with Crippen molar-refractivity contribution < 1.29 is 9.21 Å². The van der Waals surface area contributed by atoms with Gasteiger partial charge in [0.05, 0.1) is 6.26 Å². The Balaban J connectivity index is 2.06. The van der Waals surface area contributed by atoms with E-state index < -0.39 is 0 Å². The van der Waals surface area contributed by atoms with Crippen molar-refractivity contribution in [2.24, 2.45) is 0 Å². The Morgan fingerprint density at radius 2 is 1.65 bits per heavy atom. The Morgan fingerprint density at radius 1 is 0.900 bits per heavy atom. The Kier molecular flexibility index (Phi) is 3.52. The van der Waals surface area contributed by atoms with Gasteiger partial charge in [-0.2, -0.15) is 0 Å². The minimum atomic E-state index is -0.00972. The van der Waals surface area contributed by atoms with Crippen LogP contribution in [0.25, 0.3) is 11.3 Å². The summed E-state index contributed by atoms with van der Waals surface area (Å²) in [5, 5.41) is 0. The number of halogens is 1. The molecule has 0 N–H and O–H groups in total. The van der Waals surface area contributed by atoms with Gasteiger partial charge in [-0.25, -0.2) is 0 Å². The van der Waals surface area contributed by atoms with Crippen molar-refractivity contribution in [2.75, 3.05) is 0 Å². The van der Waals surface area contributed by atoms with E-state index in [1.807, 2.05) is 60.7 Å². The molecule has 20 heavy (non-hydrogen) atoms. The van der Waals surface area contributed by atoms with E-state index in [9.17, 15) is 4.79 Å². The van der Waals surface area contributed by atoms with Crippen LogP contribution in [-0.2, 0) is 0 Å². The number of carbonyl (C=O) groups excluding carboxylic acids is 1. The van der Waals surface area contributed by atoms with Crippen molar-refractivity contribution >= 4 is 21.7 Å². The Labute approximate surface area is 125 Å². The Hall–Kier alpha value is -2.13. The molecule has 0 aliphatic carbocycles. The maximum Gasteiger partial charge on any atom is 0.193 e. The summed E-state index contributed by atoms with van der Waals surface area (Å²) in [5.41, 5.74) is 2.11. The first-order chi connectivity index (χ1) is 9.75. The van der Waals surface area contributed by atoms with Crippen LogP contribution in [0.15, 0.2) is 75.8 Å². The van der Waals surface area contributed by atoms with Crippen molar-refractivity contribution in [2.45, 2.75) is 0 Å². The predicted octanol–water partition coefficient (Wildman–Crippen LogP) is 4.94. The zero-order valence-corrected chi connectivity index (χ0v) is 12.1. The molecule has 2 aromatic carbocycles. The topological polar surface area (TPSA) is 30.2 Å². The molecule has 0 aliphatic rings. The van der Waals surface area contributed by atoms with E-state index in [-0.39, 0.29) is 5.78 Å². The quantitative estimate of drug-likeness (QED) is 0.638. The fourth-order valence-electron chi connectivity index (χ4n) is 2.08. The van der Waals surface area contributed by atoms with Crippen LogP contribution in [0.5, 0.6) is 0 Å². The van der Waals surface area contributed by atoms with Gasteiger partial charge in [-0.15, -0.1) is 0 Å². The van der Waals surface area contributed by atoms with Gasteiger partial charge in [-0.1, -0.05) is 40.2 Å². The van der Waals surface area contributed by atoms with E-state index >= 15 is 0 Å².